The lowest BCUT2D eigenvalue weighted by Crippen LogP contribution is -2.40. The van der Waals surface area contributed by atoms with E-state index in [2.05, 4.69) is 20.9 Å². The van der Waals surface area contributed by atoms with Crippen LogP contribution in [-0.2, 0) is 16.4 Å². The van der Waals surface area contributed by atoms with Crippen LogP contribution >= 0.6 is 24.0 Å². The van der Waals surface area contributed by atoms with E-state index in [4.69, 9.17) is 0 Å². The van der Waals surface area contributed by atoms with Gasteiger partial charge in [0.15, 0.2) is 5.96 Å². The summed E-state index contributed by atoms with van der Waals surface area (Å²) in [7, 11) is -1.46. The number of sulfonamides is 1. The molecule has 8 nitrogen and oxygen atoms in total. The molecule has 30 heavy (non-hydrogen) atoms. The van der Waals surface area contributed by atoms with E-state index in [1.807, 2.05) is 25.1 Å². The number of carbonyl (C=O) groups excluding carboxylic acids is 1. The first-order valence-corrected chi connectivity index (χ1v) is 12.0. The molecular weight excluding hydrogens is 517 g/mol. The number of hydrogen-bond donors (Lipinski definition) is 3. The Balaban J connectivity index is 0.00000450. The second kappa shape index (κ2) is 13.1. The summed E-state index contributed by atoms with van der Waals surface area (Å²) in [6.45, 7) is 5.32. The third-order valence-corrected chi connectivity index (χ3v) is 6.32. The van der Waals surface area contributed by atoms with Gasteiger partial charge in [0.2, 0.25) is 10.0 Å². The van der Waals surface area contributed by atoms with Gasteiger partial charge in [-0.1, -0.05) is 12.1 Å². The van der Waals surface area contributed by atoms with Crippen molar-refractivity contribution in [1.82, 2.24) is 20.3 Å². The fraction of sp³-hybridized carbons (Fsp3) is 0.600. The van der Waals surface area contributed by atoms with Crippen molar-refractivity contribution in [2.24, 2.45) is 10.9 Å². The van der Waals surface area contributed by atoms with Crippen LogP contribution in [0.4, 0.5) is 0 Å². The van der Waals surface area contributed by atoms with Crippen LogP contribution in [0.2, 0.25) is 0 Å². The average Bonchev–Trinajstić information content (AvgIpc) is 2.71. The molecule has 0 saturated carbocycles. The highest BCUT2D eigenvalue weighted by Crippen LogP contribution is 2.19. The molecule has 1 heterocycles. The van der Waals surface area contributed by atoms with Crippen LogP contribution in [0.3, 0.4) is 0 Å². The number of nitrogens with zero attached hydrogens (tertiary/aromatic N) is 2. The van der Waals surface area contributed by atoms with Crippen molar-refractivity contribution in [3.8, 4) is 0 Å². The number of halogens is 1. The van der Waals surface area contributed by atoms with Gasteiger partial charge in [-0.25, -0.2) is 12.7 Å². The lowest BCUT2D eigenvalue weighted by Gasteiger charge is -2.29. The van der Waals surface area contributed by atoms with Gasteiger partial charge in [0.05, 0.1) is 6.26 Å². The predicted octanol–water partition coefficient (Wildman–Crippen LogP) is 1.43. The molecule has 0 aromatic heterocycles. The quantitative estimate of drug-likeness (QED) is 0.258. The van der Waals surface area contributed by atoms with E-state index in [1.54, 1.807) is 17.4 Å². The second-order valence-electron chi connectivity index (χ2n) is 7.28. The highest BCUT2D eigenvalue weighted by molar-refractivity contribution is 14.0. The standard InChI is InChI=1S/C20H33N5O3S.HI/c1-4-22-20(24-15-17-9-12-25(13-10-17)29(3,27)28)23-11-8-16-6-5-7-18(14-16)19(26)21-2;/h5-7,14,17H,4,8-13,15H2,1-3H3,(H,21,26)(H2,22,23,24);1H. The minimum atomic E-state index is -3.09. The molecule has 1 aliphatic rings. The first kappa shape index (κ1) is 26.6. The summed E-state index contributed by atoms with van der Waals surface area (Å²) < 4.78 is 24.8. The maximum atomic E-state index is 11.8. The highest BCUT2D eigenvalue weighted by Gasteiger charge is 2.24. The minimum absolute atomic E-state index is 0. The summed E-state index contributed by atoms with van der Waals surface area (Å²) in [6.07, 6.45) is 3.72. The van der Waals surface area contributed by atoms with Crippen molar-refractivity contribution in [2.75, 3.05) is 46.0 Å². The summed E-state index contributed by atoms with van der Waals surface area (Å²) in [6, 6.07) is 7.60. The van der Waals surface area contributed by atoms with Gasteiger partial charge < -0.3 is 16.0 Å². The third-order valence-electron chi connectivity index (χ3n) is 5.02. The summed E-state index contributed by atoms with van der Waals surface area (Å²) >= 11 is 0. The average molecular weight is 551 g/mol. The molecule has 1 aromatic carbocycles. The van der Waals surface area contributed by atoms with Crippen LogP contribution in [-0.4, -0.2) is 70.6 Å². The molecule has 2 rings (SSSR count). The SMILES string of the molecule is CCNC(=NCC1CCN(S(C)(=O)=O)CC1)NCCc1cccc(C(=O)NC)c1.I. The zero-order valence-corrected chi connectivity index (χ0v) is 21.1. The molecule has 170 valence electrons. The Morgan fingerprint density at radius 2 is 1.93 bits per heavy atom. The number of nitrogens with one attached hydrogen (secondary N) is 3. The molecule has 1 amide bonds. The van der Waals surface area contributed by atoms with Crippen molar-refractivity contribution in [2.45, 2.75) is 26.2 Å². The van der Waals surface area contributed by atoms with Crippen LogP contribution in [0.5, 0.6) is 0 Å². The molecule has 0 aliphatic carbocycles. The zero-order valence-electron chi connectivity index (χ0n) is 18.0. The monoisotopic (exact) mass is 551 g/mol. The molecule has 10 heteroatoms. The smallest absolute Gasteiger partial charge is 0.251 e. The lowest BCUT2D eigenvalue weighted by atomic mass is 9.98. The number of rotatable bonds is 8. The predicted molar refractivity (Wildman–Crippen MR) is 132 cm³/mol. The van der Waals surface area contributed by atoms with Crippen molar-refractivity contribution in [3.05, 3.63) is 35.4 Å². The Morgan fingerprint density at radius 3 is 2.53 bits per heavy atom. The molecular formula is C20H34IN5O3S. The van der Waals surface area contributed by atoms with Crippen LogP contribution in [0.15, 0.2) is 29.3 Å². The number of carbonyl (C=O) groups is 1. The number of aliphatic imine (C=N–C) groups is 1. The van der Waals surface area contributed by atoms with Crippen molar-refractivity contribution in [1.29, 1.82) is 0 Å². The van der Waals surface area contributed by atoms with Gasteiger partial charge in [-0.15, -0.1) is 24.0 Å². The third kappa shape index (κ3) is 8.76. The maximum Gasteiger partial charge on any atom is 0.251 e. The number of guanidine groups is 1. The first-order chi connectivity index (χ1) is 13.8. The molecule has 1 saturated heterocycles. The normalized spacial score (nSPS) is 15.9. The zero-order chi connectivity index (χ0) is 21.3. The molecule has 0 atom stereocenters. The maximum absolute atomic E-state index is 11.8. The Morgan fingerprint density at radius 1 is 1.23 bits per heavy atom. The largest absolute Gasteiger partial charge is 0.357 e. The molecule has 1 aliphatic heterocycles. The van der Waals surface area contributed by atoms with E-state index in [-0.39, 0.29) is 29.9 Å². The van der Waals surface area contributed by atoms with Gasteiger partial charge in [-0.3, -0.25) is 9.79 Å². The van der Waals surface area contributed by atoms with E-state index in [0.29, 0.717) is 37.7 Å². The van der Waals surface area contributed by atoms with Crippen LogP contribution in [0.25, 0.3) is 0 Å². The van der Waals surface area contributed by atoms with Gasteiger partial charge in [-0.05, 0) is 49.8 Å². The fourth-order valence-electron chi connectivity index (χ4n) is 3.32. The van der Waals surface area contributed by atoms with E-state index in [9.17, 15) is 13.2 Å². The first-order valence-electron chi connectivity index (χ1n) is 10.1. The van der Waals surface area contributed by atoms with Crippen LogP contribution < -0.4 is 16.0 Å². The summed E-state index contributed by atoms with van der Waals surface area (Å²) in [5.74, 6) is 1.07. The summed E-state index contributed by atoms with van der Waals surface area (Å²) in [4.78, 5) is 16.4. The molecule has 0 bridgehead atoms. The van der Waals surface area contributed by atoms with E-state index in [0.717, 1.165) is 37.3 Å². The lowest BCUT2D eigenvalue weighted by molar-refractivity contribution is 0.0963. The Labute approximate surface area is 197 Å². The Hall–Kier alpha value is -1.40. The molecule has 3 N–H and O–H groups in total. The number of piperidine rings is 1. The van der Waals surface area contributed by atoms with E-state index >= 15 is 0 Å². The highest BCUT2D eigenvalue weighted by atomic mass is 127. The molecule has 1 aromatic rings. The van der Waals surface area contributed by atoms with Crippen molar-refractivity contribution >= 4 is 45.9 Å². The number of amides is 1. The molecule has 1 fully saturated rings. The van der Waals surface area contributed by atoms with Crippen LogP contribution in [0.1, 0.15) is 35.7 Å². The van der Waals surface area contributed by atoms with Gasteiger partial charge in [0, 0.05) is 45.3 Å². The van der Waals surface area contributed by atoms with Gasteiger partial charge >= 0.3 is 0 Å². The van der Waals surface area contributed by atoms with Crippen molar-refractivity contribution < 1.29 is 13.2 Å². The Kier molecular flexibility index (Phi) is 11.6. The van der Waals surface area contributed by atoms with Gasteiger partial charge in [0.1, 0.15) is 0 Å². The van der Waals surface area contributed by atoms with Gasteiger partial charge in [0.25, 0.3) is 5.91 Å². The molecule has 0 spiro atoms. The van der Waals surface area contributed by atoms with Crippen molar-refractivity contribution in [3.63, 3.8) is 0 Å². The van der Waals surface area contributed by atoms with Gasteiger partial charge in [-0.2, -0.15) is 0 Å². The second-order valence-corrected chi connectivity index (χ2v) is 9.26. The van der Waals surface area contributed by atoms with E-state index < -0.39 is 10.0 Å². The summed E-state index contributed by atoms with van der Waals surface area (Å²) in [5.41, 5.74) is 1.74. The Bertz CT molecular complexity index is 808. The topological polar surface area (TPSA) is 103 Å². The summed E-state index contributed by atoms with van der Waals surface area (Å²) in [5, 5.41) is 9.22. The number of hydrogen-bond acceptors (Lipinski definition) is 4. The minimum Gasteiger partial charge on any atom is -0.357 e. The van der Waals surface area contributed by atoms with E-state index in [1.165, 1.54) is 6.26 Å². The number of benzene rings is 1. The fourth-order valence-corrected chi connectivity index (χ4v) is 4.20. The van der Waals surface area contributed by atoms with Crippen LogP contribution in [0, 0.1) is 5.92 Å². The molecule has 0 radical (unpaired) electrons. The molecule has 0 unspecified atom stereocenters.